The van der Waals surface area contributed by atoms with E-state index in [-0.39, 0.29) is 12.0 Å². The number of piperazine rings is 1. The second kappa shape index (κ2) is 8.35. The topological polar surface area (TPSA) is 70.6 Å². The summed E-state index contributed by atoms with van der Waals surface area (Å²) in [7, 11) is 2.10. The van der Waals surface area contributed by atoms with Gasteiger partial charge in [0.25, 0.3) is 5.91 Å². The summed E-state index contributed by atoms with van der Waals surface area (Å²) in [5, 5.41) is 2.92. The van der Waals surface area contributed by atoms with Crippen molar-refractivity contribution >= 4 is 17.5 Å². The van der Waals surface area contributed by atoms with Gasteiger partial charge in [-0.1, -0.05) is 12.1 Å². The van der Waals surface area contributed by atoms with Crippen molar-refractivity contribution in [2.75, 3.05) is 43.4 Å². The van der Waals surface area contributed by atoms with Gasteiger partial charge in [-0.15, -0.1) is 0 Å². The summed E-state index contributed by atoms with van der Waals surface area (Å²) in [6.07, 6.45) is 0.0215. The number of nitrogens with one attached hydrogen (secondary N) is 1. The average Bonchev–Trinajstić information content (AvgIpc) is 2.63. The zero-order valence-corrected chi connectivity index (χ0v) is 16.4. The van der Waals surface area contributed by atoms with Gasteiger partial charge in [-0.25, -0.2) is 9.97 Å². The molecule has 0 bridgehead atoms. The number of benzene rings is 1. The molecule has 1 aliphatic rings. The molecule has 1 aromatic heterocycles. The number of nitrogens with zero attached hydrogens (tertiary/aromatic N) is 4. The Labute approximate surface area is 160 Å². The van der Waals surface area contributed by atoms with Crippen molar-refractivity contribution in [1.82, 2.24) is 14.9 Å². The standard InChI is InChI=1S/C20H27N5O2/c1-14(2)27-18-8-6-5-7-16(18)22-19(26)17-13-15(3)21-20(23-17)25-11-9-24(4)10-12-25/h5-8,13-14H,9-12H2,1-4H3,(H,22,26). The van der Waals surface area contributed by atoms with Crippen LogP contribution in [0.4, 0.5) is 11.6 Å². The Balaban J connectivity index is 1.79. The number of rotatable bonds is 5. The molecule has 3 rings (SSSR count). The molecule has 0 atom stereocenters. The predicted molar refractivity (Wildman–Crippen MR) is 107 cm³/mol. The molecule has 27 heavy (non-hydrogen) atoms. The quantitative estimate of drug-likeness (QED) is 0.874. The fourth-order valence-corrected chi connectivity index (χ4v) is 2.93. The molecular weight excluding hydrogens is 342 g/mol. The van der Waals surface area contributed by atoms with Crippen molar-refractivity contribution in [1.29, 1.82) is 0 Å². The van der Waals surface area contributed by atoms with E-state index in [2.05, 4.69) is 32.1 Å². The van der Waals surface area contributed by atoms with Gasteiger partial charge in [-0.05, 0) is 46.0 Å². The third kappa shape index (κ3) is 4.95. The molecule has 1 N–H and O–H groups in total. The van der Waals surface area contributed by atoms with Crippen LogP contribution < -0.4 is 15.0 Å². The summed E-state index contributed by atoms with van der Waals surface area (Å²) in [6, 6.07) is 9.12. The number of likely N-dealkylation sites (N-methyl/N-ethyl adjacent to an activating group) is 1. The first kappa shape index (κ1) is 19.1. The minimum atomic E-state index is -0.268. The Morgan fingerprint density at radius 2 is 1.85 bits per heavy atom. The first-order valence-electron chi connectivity index (χ1n) is 9.28. The van der Waals surface area contributed by atoms with E-state index in [0.29, 0.717) is 23.1 Å². The van der Waals surface area contributed by atoms with Gasteiger partial charge in [0.2, 0.25) is 5.95 Å². The normalized spacial score (nSPS) is 15.1. The zero-order valence-electron chi connectivity index (χ0n) is 16.4. The third-order valence-corrected chi connectivity index (χ3v) is 4.36. The SMILES string of the molecule is Cc1cc(C(=O)Nc2ccccc2OC(C)C)nc(N2CCN(C)CC2)n1. The van der Waals surface area contributed by atoms with Crippen LogP contribution in [0, 0.1) is 6.92 Å². The van der Waals surface area contributed by atoms with Gasteiger partial charge >= 0.3 is 0 Å². The molecule has 1 saturated heterocycles. The van der Waals surface area contributed by atoms with Crippen LogP contribution in [-0.4, -0.2) is 60.1 Å². The van der Waals surface area contributed by atoms with Crippen molar-refractivity contribution in [3.63, 3.8) is 0 Å². The van der Waals surface area contributed by atoms with Gasteiger partial charge in [0.15, 0.2) is 0 Å². The van der Waals surface area contributed by atoms with Crippen LogP contribution in [0.3, 0.4) is 0 Å². The Morgan fingerprint density at radius 1 is 1.15 bits per heavy atom. The molecule has 1 fully saturated rings. The van der Waals surface area contributed by atoms with E-state index in [1.54, 1.807) is 6.07 Å². The maximum absolute atomic E-state index is 12.8. The largest absolute Gasteiger partial charge is 0.489 e. The fourth-order valence-electron chi connectivity index (χ4n) is 2.93. The monoisotopic (exact) mass is 369 g/mol. The smallest absolute Gasteiger partial charge is 0.274 e. The summed E-state index contributed by atoms with van der Waals surface area (Å²) in [5.41, 5.74) is 1.76. The van der Waals surface area contributed by atoms with Gasteiger partial charge in [0.1, 0.15) is 11.4 Å². The maximum Gasteiger partial charge on any atom is 0.274 e. The number of para-hydroxylation sites is 2. The zero-order chi connectivity index (χ0) is 19.4. The number of anilines is 2. The highest BCUT2D eigenvalue weighted by molar-refractivity contribution is 6.03. The summed E-state index contributed by atoms with van der Waals surface area (Å²) in [6.45, 7) is 9.41. The number of aryl methyl sites for hydroxylation is 1. The van der Waals surface area contributed by atoms with Gasteiger partial charge in [0, 0.05) is 31.9 Å². The Kier molecular flexibility index (Phi) is 5.91. The molecule has 0 saturated carbocycles. The summed E-state index contributed by atoms with van der Waals surface area (Å²) in [5.74, 6) is 0.988. The summed E-state index contributed by atoms with van der Waals surface area (Å²) in [4.78, 5) is 26.2. The molecule has 0 radical (unpaired) electrons. The lowest BCUT2D eigenvalue weighted by atomic mass is 10.2. The van der Waals surface area contributed by atoms with Gasteiger partial charge in [0.05, 0.1) is 11.8 Å². The van der Waals surface area contributed by atoms with Crippen LogP contribution in [0.15, 0.2) is 30.3 Å². The highest BCUT2D eigenvalue weighted by Crippen LogP contribution is 2.25. The Morgan fingerprint density at radius 3 is 2.56 bits per heavy atom. The van der Waals surface area contributed by atoms with Crippen LogP contribution >= 0.6 is 0 Å². The third-order valence-electron chi connectivity index (χ3n) is 4.36. The molecule has 2 heterocycles. The number of hydrogen-bond donors (Lipinski definition) is 1. The molecule has 0 aliphatic carbocycles. The lowest BCUT2D eigenvalue weighted by molar-refractivity contribution is 0.102. The first-order valence-corrected chi connectivity index (χ1v) is 9.28. The van der Waals surface area contributed by atoms with Crippen molar-refractivity contribution in [3.8, 4) is 5.75 Å². The fraction of sp³-hybridized carbons (Fsp3) is 0.450. The summed E-state index contributed by atoms with van der Waals surface area (Å²) >= 11 is 0. The number of ether oxygens (including phenoxy) is 1. The minimum absolute atomic E-state index is 0.0215. The molecule has 1 amide bonds. The molecule has 7 heteroatoms. The second-order valence-electron chi connectivity index (χ2n) is 7.10. The van der Waals surface area contributed by atoms with Crippen molar-refractivity contribution in [2.45, 2.75) is 26.9 Å². The average molecular weight is 369 g/mol. The van der Waals surface area contributed by atoms with Crippen LogP contribution in [0.25, 0.3) is 0 Å². The van der Waals surface area contributed by atoms with E-state index in [4.69, 9.17) is 4.74 Å². The van der Waals surface area contributed by atoms with Crippen LogP contribution in [0.1, 0.15) is 30.0 Å². The van der Waals surface area contributed by atoms with E-state index in [0.717, 1.165) is 31.9 Å². The lowest BCUT2D eigenvalue weighted by Gasteiger charge is -2.32. The Bertz CT molecular complexity index is 801. The van der Waals surface area contributed by atoms with Crippen LogP contribution in [0.2, 0.25) is 0 Å². The predicted octanol–water partition coefficient (Wildman–Crippen LogP) is 2.58. The van der Waals surface area contributed by atoms with Crippen molar-refractivity contribution in [3.05, 3.63) is 41.7 Å². The van der Waals surface area contributed by atoms with E-state index in [1.165, 1.54) is 0 Å². The molecule has 1 aromatic carbocycles. The number of carbonyl (C=O) groups excluding carboxylic acids is 1. The van der Waals surface area contributed by atoms with Crippen LogP contribution in [-0.2, 0) is 0 Å². The van der Waals surface area contributed by atoms with Gasteiger partial charge in [-0.2, -0.15) is 0 Å². The first-order chi connectivity index (χ1) is 12.9. The number of hydrogen-bond acceptors (Lipinski definition) is 6. The molecule has 144 valence electrons. The van der Waals surface area contributed by atoms with Gasteiger partial charge < -0.3 is 19.9 Å². The van der Waals surface area contributed by atoms with E-state index in [9.17, 15) is 4.79 Å². The number of carbonyl (C=O) groups is 1. The van der Waals surface area contributed by atoms with Crippen molar-refractivity contribution in [2.24, 2.45) is 0 Å². The minimum Gasteiger partial charge on any atom is -0.489 e. The summed E-state index contributed by atoms with van der Waals surface area (Å²) < 4.78 is 5.77. The molecule has 0 spiro atoms. The Hall–Kier alpha value is -2.67. The molecule has 2 aromatic rings. The molecule has 0 unspecified atom stereocenters. The number of amides is 1. The number of aromatic nitrogens is 2. The highest BCUT2D eigenvalue weighted by Gasteiger charge is 2.19. The van der Waals surface area contributed by atoms with Crippen molar-refractivity contribution < 1.29 is 9.53 Å². The molecule has 1 aliphatic heterocycles. The lowest BCUT2D eigenvalue weighted by Crippen LogP contribution is -2.45. The molecule has 7 nitrogen and oxygen atoms in total. The van der Waals surface area contributed by atoms with E-state index in [1.807, 2.05) is 45.0 Å². The van der Waals surface area contributed by atoms with Gasteiger partial charge in [-0.3, -0.25) is 4.79 Å². The maximum atomic E-state index is 12.8. The second-order valence-corrected chi connectivity index (χ2v) is 7.10. The van der Waals surface area contributed by atoms with Crippen LogP contribution in [0.5, 0.6) is 5.75 Å². The highest BCUT2D eigenvalue weighted by atomic mass is 16.5. The van der Waals surface area contributed by atoms with E-state index >= 15 is 0 Å². The van der Waals surface area contributed by atoms with E-state index < -0.39 is 0 Å². The molecular formula is C20H27N5O2.